The Morgan fingerprint density at radius 1 is 1.32 bits per heavy atom. The summed E-state index contributed by atoms with van der Waals surface area (Å²) < 4.78 is 0. The number of fused-ring (bicyclic) bond motifs is 1. The fourth-order valence-electron chi connectivity index (χ4n) is 2.92. The van der Waals surface area contributed by atoms with Gasteiger partial charge in [0, 0.05) is 11.1 Å². The van der Waals surface area contributed by atoms with Crippen molar-refractivity contribution in [1.29, 1.82) is 0 Å². The number of H-pyrrole nitrogens is 1. The van der Waals surface area contributed by atoms with Crippen molar-refractivity contribution in [2.75, 3.05) is 13.1 Å². The van der Waals surface area contributed by atoms with Gasteiger partial charge in [-0.15, -0.1) is 0 Å². The molecule has 0 spiro atoms. The molecule has 0 amide bonds. The molecule has 1 unspecified atom stereocenters. The van der Waals surface area contributed by atoms with Crippen LogP contribution in [0, 0.1) is 12.8 Å². The number of aryl methyl sites for hydroxylation is 1. The Morgan fingerprint density at radius 2 is 2.21 bits per heavy atom. The molecule has 1 aliphatic heterocycles. The molecule has 0 bridgehead atoms. The zero-order valence-electron chi connectivity index (χ0n) is 11.3. The number of nitrogens with one attached hydrogen (secondary N) is 2. The summed E-state index contributed by atoms with van der Waals surface area (Å²) in [7, 11) is 0. The molecule has 0 radical (unpaired) electrons. The van der Waals surface area contributed by atoms with Gasteiger partial charge in [-0.1, -0.05) is 6.07 Å². The van der Waals surface area contributed by atoms with Crippen LogP contribution < -0.4 is 10.9 Å². The van der Waals surface area contributed by atoms with Gasteiger partial charge in [-0.25, -0.2) is 0 Å². The van der Waals surface area contributed by atoms with Gasteiger partial charge >= 0.3 is 0 Å². The van der Waals surface area contributed by atoms with Gasteiger partial charge in [0.05, 0.1) is 0 Å². The Kier molecular flexibility index (Phi) is 3.38. The third kappa shape index (κ3) is 2.71. The van der Waals surface area contributed by atoms with Gasteiger partial charge in [0.1, 0.15) is 0 Å². The van der Waals surface area contributed by atoms with E-state index in [1.165, 1.54) is 18.4 Å². The van der Waals surface area contributed by atoms with Crippen LogP contribution in [0.2, 0.25) is 0 Å². The number of rotatable bonds is 2. The summed E-state index contributed by atoms with van der Waals surface area (Å²) in [6.07, 6.45) is 3.72. The minimum Gasteiger partial charge on any atom is -0.322 e. The van der Waals surface area contributed by atoms with E-state index in [1.807, 2.05) is 19.1 Å². The van der Waals surface area contributed by atoms with E-state index in [4.69, 9.17) is 0 Å². The Bertz CT molecular complexity index is 639. The molecular formula is C16H20N2O. The Hall–Kier alpha value is -1.61. The Labute approximate surface area is 113 Å². The van der Waals surface area contributed by atoms with Crippen LogP contribution in [0.15, 0.2) is 29.1 Å². The van der Waals surface area contributed by atoms with Crippen molar-refractivity contribution in [2.45, 2.75) is 26.2 Å². The van der Waals surface area contributed by atoms with Crippen LogP contribution in [0.3, 0.4) is 0 Å². The second-order valence-electron chi connectivity index (χ2n) is 5.62. The lowest BCUT2D eigenvalue weighted by atomic mass is 9.92. The van der Waals surface area contributed by atoms with Crippen molar-refractivity contribution < 1.29 is 0 Å². The van der Waals surface area contributed by atoms with Gasteiger partial charge < -0.3 is 10.3 Å². The Balaban J connectivity index is 1.88. The zero-order valence-corrected chi connectivity index (χ0v) is 11.3. The van der Waals surface area contributed by atoms with Gasteiger partial charge in [0.15, 0.2) is 0 Å². The van der Waals surface area contributed by atoms with Gasteiger partial charge in [0.25, 0.3) is 5.56 Å². The molecule has 1 saturated heterocycles. The summed E-state index contributed by atoms with van der Waals surface area (Å²) in [4.78, 5) is 14.5. The van der Waals surface area contributed by atoms with Crippen LogP contribution in [0.25, 0.3) is 10.9 Å². The summed E-state index contributed by atoms with van der Waals surface area (Å²) >= 11 is 0. The van der Waals surface area contributed by atoms with Gasteiger partial charge in [0.2, 0.25) is 0 Å². The molecule has 100 valence electrons. The summed E-state index contributed by atoms with van der Waals surface area (Å²) in [5.41, 5.74) is 3.09. The smallest absolute Gasteiger partial charge is 0.251 e. The fourth-order valence-corrected chi connectivity index (χ4v) is 2.92. The fraction of sp³-hybridized carbons (Fsp3) is 0.438. The average Bonchev–Trinajstić information content (AvgIpc) is 2.42. The number of pyridine rings is 1. The maximum absolute atomic E-state index is 11.6. The van der Waals surface area contributed by atoms with Gasteiger partial charge in [-0.05, 0) is 74.3 Å². The number of piperidine rings is 1. The van der Waals surface area contributed by atoms with Gasteiger partial charge in [-0.2, -0.15) is 0 Å². The molecule has 0 aliphatic carbocycles. The van der Waals surface area contributed by atoms with Crippen LogP contribution >= 0.6 is 0 Å². The summed E-state index contributed by atoms with van der Waals surface area (Å²) in [5, 5.41) is 4.60. The van der Waals surface area contributed by atoms with Crippen molar-refractivity contribution >= 4 is 10.9 Å². The first-order chi connectivity index (χ1) is 9.22. The van der Waals surface area contributed by atoms with Crippen LogP contribution in [0.4, 0.5) is 0 Å². The average molecular weight is 256 g/mol. The molecule has 1 aromatic carbocycles. The predicted octanol–water partition coefficient (Wildman–Crippen LogP) is 2.38. The Morgan fingerprint density at radius 3 is 3.00 bits per heavy atom. The number of aromatic nitrogens is 1. The minimum absolute atomic E-state index is 0.0109. The predicted molar refractivity (Wildman–Crippen MR) is 78.6 cm³/mol. The molecule has 2 heterocycles. The lowest BCUT2D eigenvalue weighted by molar-refractivity contribution is 0.376. The molecule has 1 aromatic heterocycles. The normalized spacial score (nSPS) is 19.7. The summed E-state index contributed by atoms with van der Waals surface area (Å²) in [6, 6.07) is 8.37. The highest BCUT2D eigenvalue weighted by Gasteiger charge is 2.13. The molecule has 0 saturated carbocycles. The van der Waals surface area contributed by atoms with Crippen LogP contribution in [0.5, 0.6) is 0 Å². The highest BCUT2D eigenvalue weighted by Crippen LogP contribution is 2.19. The first-order valence-corrected chi connectivity index (χ1v) is 7.05. The van der Waals surface area contributed by atoms with Gasteiger partial charge in [-0.3, -0.25) is 4.79 Å². The summed E-state index contributed by atoms with van der Waals surface area (Å²) in [5.74, 6) is 0.745. The largest absolute Gasteiger partial charge is 0.322 e. The van der Waals surface area contributed by atoms with E-state index in [9.17, 15) is 4.79 Å². The van der Waals surface area contributed by atoms with E-state index in [1.54, 1.807) is 0 Å². The second-order valence-corrected chi connectivity index (χ2v) is 5.62. The second kappa shape index (κ2) is 5.17. The molecule has 3 nitrogen and oxygen atoms in total. The number of benzene rings is 1. The molecular weight excluding hydrogens is 236 g/mol. The topological polar surface area (TPSA) is 44.9 Å². The SMILES string of the molecule is Cc1cc2cc(CC3CCCNC3)ccc2[nH]c1=O. The standard InChI is InChI=1S/C16H20N2O/c1-11-7-14-9-12(4-5-15(14)18-16(11)19)8-13-3-2-6-17-10-13/h4-5,7,9,13,17H,2-3,6,8,10H2,1H3,(H,18,19). The van der Waals surface area contributed by atoms with E-state index in [0.29, 0.717) is 0 Å². The number of aromatic amines is 1. The first-order valence-electron chi connectivity index (χ1n) is 7.05. The van der Waals surface area contributed by atoms with E-state index in [-0.39, 0.29) is 5.56 Å². The van der Waals surface area contributed by atoms with Crippen molar-refractivity contribution in [1.82, 2.24) is 10.3 Å². The number of hydrogen-bond donors (Lipinski definition) is 2. The lowest BCUT2D eigenvalue weighted by Crippen LogP contribution is -2.30. The maximum atomic E-state index is 11.6. The van der Waals surface area contributed by atoms with E-state index >= 15 is 0 Å². The molecule has 1 aliphatic rings. The van der Waals surface area contributed by atoms with Crippen molar-refractivity contribution in [3.8, 4) is 0 Å². The number of hydrogen-bond acceptors (Lipinski definition) is 2. The molecule has 3 rings (SSSR count). The van der Waals surface area contributed by atoms with E-state index in [2.05, 4.69) is 22.4 Å². The molecule has 3 heteroatoms. The summed E-state index contributed by atoms with van der Waals surface area (Å²) in [6.45, 7) is 4.15. The monoisotopic (exact) mass is 256 g/mol. The highest BCUT2D eigenvalue weighted by atomic mass is 16.1. The molecule has 1 atom stereocenters. The maximum Gasteiger partial charge on any atom is 0.251 e. The highest BCUT2D eigenvalue weighted by molar-refractivity contribution is 5.79. The third-order valence-corrected chi connectivity index (χ3v) is 4.02. The first kappa shape index (κ1) is 12.4. The lowest BCUT2D eigenvalue weighted by Gasteiger charge is -2.22. The van der Waals surface area contributed by atoms with E-state index < -0.39 is 0 Å². The minimum atomic E-state index is 0.0109. The molecule has 2 aromatic rings. The zero-order chi connectivity index (χ0) is 13.2. The van der Waals surface area contributed by atoms with Crippen molar-refractivity contribution in [2.24, 2.45) is 5.92 Å². The molecule has 1 fully saturated rings. The molecule has 19 heavy (non-hydrogen) atoms. The van der Waals surface area contributed by atoms with Crippen LogP contribution in [-0.2, 0) is 6.42 Å². The van der Waals surface area contributed by atoms with Crippen LogP contribution in [-0.4, -0.2) is 18.1 Å². The molecule has 2 N–H and O–H groups in total. The van der Waals surface area contributed by atoms with Crippen molar-refractivity contribution in [3.05, 3.63) is 45.7 Å². The van der Waals surface area contributed by atoms with Crippen LogP contribution in [0.1, 0.15) is 24.0 Å². The quantitative estimate of drug-likeness (QED) is 0.866. The van der Waals surface area contributed by atoms with E-state index in [0.717, 1.165) is 41.9 Å². The third-order valence-electron chi connectivity index (χ3n) is 4.02. The van der Waals surface area contributed by atoms with Crippen molar-refractivity contribution in [3.63, 3.8) is 0 Å².